The largest absolute Gasteiger partial charge is 0.408 e. The highest BCUT2D eigenvalue weighted by Crippen LogP contribution is 2.44. The third kappa shape index (κ3) is 5.15. The number of pyridine rings is 1. The molecule has 1 unspecified atom stereocenters. The summed E-state index contributed by atoms with van der Waals surface area (Å²) in [5, 5.41) is 14.4. The van der Waals surface area contributed by atoms with E-state index in [4.69, 9.17) is 0 Å². The Balaban J connectivity index is 1.36. The number of thiazole rings is 1. The van der Waals surface area contributed by atoms with Gasteiger partial charge in [-0.1, -0.05) is 0 Å². The van der Waals surface area contributed by atoms with Crippen molar-refractivity contribution >= 4 is 29.0 Å². The molecular formula is C26H28F5N5O3S. The molecular weight excluding hydrogens is 557 g/mol. The zero-order valence-corrected chi connectivity index (χ0v) is 22.1. The molecule has 2 saturated heterocycles. The van der Waals surface area contributed by atoms with E-state index in [1.165, 1.54) is 0 Å². The number of hydrogen-bond donors (Lipinski definition) is 3. The van der Waals surface area contributed by atoms with Crippen LogP contribution in [0.1, 0.15) is 83.6 Å². The van der Waals surface area contributed by atoms with Gasteiger partial charge in [0.2, 0.25) is 0 Å². The maximum atomic E-state index is 14.3. The summed E-state index contributed by atoms with van der Waals surface area (Å²) in [6, 6.07) is -1.25. The maximum absolute atomic E-state index is 14.3. The Hall–Kier alpha value is -2.87. The Morgan fingerprint density at radius 1 is 1.07 bits per heavy atom. The summed E-state index contributed by atoms with van der Waals surface area (Å²) in [4.78, 5) is 36.7. The standard InChI is InChI=1S/C26H28F5N5O3S/c27-22(28)16-9-18(34-21(11-1-2-11)26(29,30)31)32-10-17(16)20-19(25(39)36-13-3-4-14(36)6-5-13)35-24(40-20)23(38)33-12-7-15(37)8-12/h9-15,21-22,37H,1-8H2,(H,32,34)(H,33,38)/t12-,13?,14?,15-,21?. The number of aliphatic hydroxyl groups excluding tert-OH is 1. The van der Waals surface area contributed by atoms with Crippen molar-refractivity contribution in [1.29, 1.82) is 0 Å². The lowest BCUT2D eigenvalue weighted by Crippen LogP contribution is -2.46. The number of fused-ring (bicyclic) bond motifs is 2. The van der Waals surface area contributed by atoms with Crippen LogP contribution in [-0.2, 0) is 0 Å². The molecule has 1 atom stereocenters. The van der Waals surface area contributed by atoms with Crippen molar-refractivity contribution in [1.82, 2.24) is 20.2 Å². The van der Waals surface area contributed by atoms with Gasteiger partial charge in [0.25, 0.3) is 18.2 Å². The van der Waals surface area contributed by atoms with Crippen LogP contribution >= 0.6 is 11.3 Å². The number of hydrogen-bond acceptors (Lipinski definition) is 7. The normalized spacial score (nSPS) is 26.6. The van der Waals surface area contributed by atoms with E-state index in [-0.39, 0.29) is 45.1 Å². The molecule has 0 spiro atoms. The van der Waals surface area contributed by atoms with Gasteiger partial charge in [-0.3, -0.25) is 9.59 Å². The second-order valence-electron chi connectivity index (χ2n) is 11.1. The second kappa shape index (κ2) is 10.2. The fraction of sp³-hybridized carbons (Fsp3) is 0.615. The highest BCUT2D eigenvalue weighted by molar-refractivity contribution is 7.17. The highest BCUT2D eigenvalue weighted by Gasteiger charge is 2.49. The van der Waals surface area contributed by atoms with Gasteiger partial charge < -0.3 is 20.6 Å². The molecule has 2 aromatic rings. The second-order valence-corrected chi connectivity index (χ2v) is 12.1. The molecule has 3 N–H and O–H groups in total. The average molecular weight is 586 g/mol. The van der Waals surface area contributed by atoms with Crippen LogP contribution in [0.5, 0.6) is 0 Å². The summed E-state index contributed by atoms with van der Waals surface area (Å²) in [5.41, 5.74) is -0.899. The van der Waals surface area contributed by atoms with E-state index in [2.05, 4.69) is 20.6 Å². The van der Waals surface area contributed by atoms with Crippen LogP contribution in [0.25, 0.3) is 10.4 Å². The molecule has 2 aliphatic carbocycles. The maximum Gasteiger partial charge on any atom is 0.408 e. The number of amides is 2. The highest BCUT2D eigenvalue weighted by atomic mass is 32.1. The number of anilines is 1. The van der Waals surface area contributed by atoms with E-state index < -0.39 is 48.0 Å². The first kappa shape index (κ1) is 27.3. The van der Waals surface area contributed by atoms with Crippen LogP contribution in [0.3, 0.4) is 0 Å². The summed E-state index contributed by atoms with van der Waals surface area (Å²) >= 11 is 0.772. The number of nitrogens with zero attached hydrogens (tertiary/aromatic N) is 3. The lowest BCUT2D eigenvalue weighted by Gasteiger charge is -2.31. The number of alkyl halides is 5. The van der Waals surface area contributed by atoms with Gasteiger partial charge in [-0.05, 0) is 63.4 Å². The van der Waals surface area contributed by atoms with Crippen LogP contribution in [0.2, 0.25) is 0 Å². The van der Waals surface area contributed by atoms with Crippen molar-refractivity contribution in [2.75, 3.05) is 5.32 Å². The minimum absolute atomic E-state index is 0.0155. The van der Waals surface area contributed by atoms with E-state index in [1.807, 2.05) is 0 Å². The van der Waals surface area contributed by atoms with E-state index in [9.17, 15) is 36.6 Å². The molecule has 4 fully saturated rings. The Labute approximate surface area is 230 Å². The molecule has 2 saturated carbocycles. The Morgan fingerprint density at radius 2 is 1.73 bits per heavy atom. The molecule has 2 amide bonds. The van der Waals surface area contributed by atoms with Crippen LogP contribution < -0.4 is 10.6 Å². The van der Waals surface area contributed by atoms with Crippen molar-refractivity contribution in [3.05, 3.63) is 28.5 Å². The van der Waals surface area contributed by atoms with Crippen LogP contribution in [-0.4, -0.2) is 68.2 Å². The Kier molecular flexibility index (Phi) is 6.96. The van der Waals surface area contributed by atoms with Gasteiger partial charge in [0.15, 0.2) is 5.01 Å². The van der Waals surface area contributed by atoms with E-state index >= 15 is 0 Å². The minimum atomic E-state index is -4.57. The van der Waals surface area contributed by atoms with Crippen molar-refractivity contribution < 1.29 is 36.6 Å². The number of carbonyl (C=O) groups is 2. The van der Waals surface area contributed by atoms with Gasteiger partial charge in [-0.25, -0.2) is 18.7 Å². The summed E-state index contributed by atoms with van der Waals surface area (Å²) in [6.07, 6.45) is -2.31. The third-order valence-electron chi connectivity index (χ3n) is 8.33. The van der Waals surface area contributed by atoms with Crippen molar-refractivity contribution in [2.24, 2.45) is 5.92 Å². The monoisotopic (exact) mass is 585 g/mol. The first-order valence-corrected chi connectivity index (χ1v) is 14.3. The van der Waals surface area contributed by atoms with E-state index in [0.717, 1.165) is 49.3 Å². The van der Waals surface area contributed by atoms with Gasteiger partial charge in [-0.15, -0.1) is 11.3 Å². The lowest BCUT2D eigenvalue weighted by molar-refractivity contribution is -0.146. The SMILES string of the molecule is O=C(N[C@H]1C[C@H](O)C1)c1nc(C(=O)N2C3CCC2CC3)c(-c2cnc(NC(C3CC3)C(F)(F)F)cc2C(F)F)s1. The predicted octanol–water partition coefficient (Wildman–Crippen LogP) is 4.92. The number of halogens is 5. The number of carbonyl (C=O) groups excluding carboxylic acids is 2. The number of nitrogens with one attached hydrogen (secondary N) is 2. The summed E-state index contributed by atoms with van der Waals surface area (Å²) in [7, 11) is 0. The smallest absolute Gasteiger partial charge is 0.393 e. The van der Waals surface area contributed by atoms with Gasteiger partial charge in [0.05, 0.1) is 11.0 Å². The van der Waals surface area contributed by atoms with Gasteiger partial charge in [0, 0.05) is 35.4 Å². The molecule has 2 aromatic heterocycles. The Bertz CT molecular complexity index is 1290. The summed E-state index contributed by atoms with van der Waals surface area (Å²) < 4.78 is 69.3. The molecule has 0 radical (unpaired) electrons. The molecule has 2 aliphatic heterocycles. The van der Waals surface area contributed by atoms with Gasteiger partial charge >= 0.3 is 6.18 Å². The van der Waals surface area contributed by atoms with Crippen molar-refractivity contribution in [3.63, 3.8) is 0 Å². The first-order valence-electron chi connectivity index (χ1n) is 13.4. The third-order valence-corrected chi connectivity index (χ3v) is 9.41. The molecule has 4 heterocycles. The molecule has 14 heteroatoms. The minimum Gasteiger partial charge on any atom is -0.393 e. The molecule has 40 heavy (non-hydrogen) atoms. The molecule has 0 aromatic carbocycles. The first-order chi connectivity index (χ1) is 19.0. The van der Waals surface area contributed by atoms with E-state index in [1.54, 1.807) is 4.90 Å². The molecule has 6 rings (SSSR count). The number of aliphatic hydroxyl groups is 1. The fourth-order valence-corrected chi connectivity index (χ4v) is 7.03. The van der Waals surface area contributed by atoms with Crippen LogP contribution in [0, 0.1) is 5.92 Å². The zero-order chi connectivity index (χ0) is 28.3. The average Bonchev–Trinajstić information content (AvgIpc) is 3.31. The zero-order valence-electron chi connectivity index (χ0n) is 21.3. The van der Waals surface area contributed by atoms with Crippen LogP contribution in [0.4, 0.5) is 27.8 Å². The molecule has 216 valence electrons. The lowest BCUT2D eigenvalue weighted by atomic mass is 9.89. The molecule has 4 aliphatic rings. The predicted molar refractivity (Wildman–Crippen MR) is 135 cm³/mol. The van der Waals surface area contributed by atoms with Crippen LogP contribution in [0.15, 0.2) is 12.3 Å². The van der Waals surface area contributed by atoms with Crippen molar-refractivity contribution in [3.8, 4) is 10.4 Å². The number of rotatable bonds is 8. The van der Waals surface area contributed by atoms with Crippen molar-refractivity contribution in [2.45, 2.75) is 94.2 Å². The fourth-order valence-electron chi connectivity index (χ4n) is 6.04. The molecule has 2 bridgehead atoms. The van der Waals surface area contributed by atoms with E-state index in [0.29, 0.717) is 25.7 Å². The Morgan fingerprint density at radius 3 is 2.27 bits per heavy atom. The molecule has 8 nitrogen and oxygen atoms in total. The number of aromatic nitrogens is 2. The quantitative estimate of drug-likeness (QED) is 0.380. The summed E-state index contributed by atoms with van der Waals surface area (Å²) in [5.74, 6) is -2.03. The van der Waals surface area contributed by atoms with Gasteiger partial charge in [-0.2, -0.15) is 13.2 Å². The topological polar surface area (TPSA) is 107 Å². The summed E-state index contributed by atoms with van der Waals surface area (Å²) in [6.45, 7) is 0. The van der Waals surface area contributed by atoms with Gasteiger partial charge in [0.1, 0.15) is 17.6 Å².